The van der Waals surface area contributed by atoms with Crippen molar-refractivity contribution in [2.75, 3.05) is 5.32 Å². The van der Waals surface area contributed by atoms with Gasteiger partial charge in [0.15, 0.2) is 0 Å². The highest BCUT2D eigenvalue weighted by Gasteiger charge is 2.35. The molecule has 0 aliphatic carbocycles. The predicted octanol–water partition coefficient (Wildman–Crippen LogP) is 6.92. The number of carbonyl (C=O) groups is 1. The molecule has 2 N–H and O–H groups in total. The molecule has 6 heteroatoms. The number of nitriles is 1. The first-order chi connectivity index (χ1) is 16.5. The lowest BCUT2D eigenvalue weighted by molar-refractivity contribution is -0.113. The molecule has 1 aliphatic heterocycles. The topological polar surface area (TPSA) is 64.9 Å². The van der Waals surface area contributed by atoms with E-state index < -0.39 is 5.92 Å². The van der Waals surface area contributed by atoms with Gasteiger partial charge in [0.25, 0.3) is 5.91 Å². The minimum Gasteiger partial charge on any atom is -0.353 e. The summed E-state index contributed by atoms with van der Waals surface area (Å²) in [6.07, 6.45) is 0. The lowest BCUT2D eigenvalue weighted by Crippen LogP contribution is -2.31. The van der Waals surface area contributed by atoms with Crippen molar-refractivity contribution in [1.29, 1.82) is 5.26 Å². The number of anilines is 1. The Bertz CT molecular complexity index is 1320. The summed E-state index contributed by atoms with van der Waals surface area (Å²) in [7, 11) is 0. The number of para-hydroxylation sites is 1. The minimum atomic E-state index is -0.581. The van der Waals surface area contributed by atoms with E-state index in [4.69, 9.17) is 11.6 Å². The highest BCUT2D eigenvalue weighted by atomic mass is 35.5. The second-order valence-electron chi connectivity index (χ2n) is 8.02. The number of aryl methyl sites for hydroxylation is 1. The predicted molar refractivity (Wildman–Crippen MR) is 140 cm³/mol. The summed E-state index contributed by atoms with van der Waals surface area (Å²) in [6, 6.07) is 27.5. The number of thioether (sulfide) groups is 1. The highest BCUT2D eigenvalue weighted by molar-refractivity contribution is 8.02. The van der Waals surface area contributed by atoms with Gasteiger partial charge in [0.05, 0.1) is 22.6 Å². The zero-order valence-electron chi connectivity index (χ0n) is 18.9. The van der Waals surface area contributed by atoms with Gasteiger partial charge in [0.2, 0.25) is 0 Å². The Balaban J connectivity index is 1.75. The van der Waals surface area contributed by atoms with Crippen LogP contribution in [0.2, 0.25) is 5.02 Å². The van der Waals surface area contributed by atoms with Gasteiger partial charge in [-0.1, -0.05) is 78.3 Å². The van der Waals surface area contributed by atoms with Crippen molar-refractivity contribution in [3.63, 3.8) is 0 Å². The fourth-order valence-corrected chi connectivity index (χ4v) is 5.27. The summed E-state index contributed by atoms with van der Waals surface area (Å²) >= 11 is 8.14. The molecule has 1 unspecified atom stereocenters. The Kier molecular flexibility index (Phi) is 7.42. The van der Waals surface area contributed by atoms with Crippen molar-refractivity contribution in [2.45, 2.75) is 25.5 Å². The SMILES string of the molecule is CC1=C(C(=O)Nc2ccccc2C)C(c2ccccc2Cl)C(C#N)=C(SCc2ccccc2)N1. The second-order valence-corrected chi connectivity index (χ2v) is 9.41. The third-order valence-corrected chi connectivity index (χ3v) is 7.16. The number of hydrogen-bond acceptors (Lipinski definition) is 4. The Hall–Kier alpha value is -3.46. The lowest BCUT2D eigenvalue weighted by Gasteiger charge is -2.30. The van der Waals surface area contributed by atoms with E-state index in [1.54, 1.807) is 17.8 Å². The van der Waals surface area contributed by atoms with Crippen LogP contribution in [0.5, 0.6) is 0 Å². The molecule has 0 saturated carbocycles. The molecule has 0 radical (unpaired) electrons. The van der Waals surface area contributed by atoms with E-state index in [1.165, 1.54) is 0 Å². The van der Waals surface area contributed by atoms with Gasteiger partial charge in [-0.3, -0.25) is 4.79 Å². The van der Waals surface area contributed by atoms with Crippen molar-refractivity contribution in [3.05, 3.63) is 122 Å². The molecule has 3 aromatic carbocycles. The molecule has 0 spiro atoms. The number of dihydropyridines is 1. The average Bonchev–Trinajstić information content (AvgIpc) is 2.84. The monoisotopic (exact) mass is 485 g/mol. The van der Waals surface area contributed by atoms with E-state index >= 15 is 0 Å². The fraction of sp³-hybridized carbons (Fsp3) is 0.143. The van der Waals surface area contributed by atoms with Crippen LogP contribution in [0.25, 0.3) is 0 Å². The summed E-state index contributed by atoms with van der Waals surface area (Å²) in [5.41, 5.74) is 5.24. The molecular formula is C28H24ClN3OS. The summed E-state index contributed by atoms with van der Waals surface area (Å²) in [6.45, 7) is 3.81. The lowest BCUT2D eigenvalue weighted by atomic mass is 9.82. The van der Waals surface area contributed by atoms with E-state index in [9.17, 15) is 10.1 Å². The molecule has 4 rings (SSSR count). The molecule has 0 fully saturated rings. The van der Waals surface area contributed by atoms with Gasteiger partial charge in [0.1, 0.15) is 0 Å². The standard InChI is InChI=1S/C28H24ClN3OS/c1-18-10-6-9-15-24(18)32-27(33)25-19(2)31-28(34-17-20-11-4-3-5-12-20)22(16-30)26(25)21-13-7-8-14-23(21)29/h3-15,26,31H,17H2,1-2H3,(H,32,33). The fourth-order valence-electron chi connectivity index (χ4n) is 3.98. The molecule has 1 heterocycles. The van der Waals surface area contributed by atoms with Crippen molar-refractivity contribution in [2.24, 2.45) is 0 Å². The van der Waals surface area contributed by atoms with Gasteiger partial charge in [-0.2, -0.15) is 5.26 Å². The summed E-state index contributed by atoms with van der Waals surface area (Å²) in [5.74, 6) is -0.145. The molecule has 0 saturated heterocycles. The van der Waals surface area contributed by atoms with Crippen LogP contribution < -0.4 is 10.6 Å². The molecule has 4 nitrogen and oxygen atoms in total. The van der Waals surface area contributed by atoms with Crippen LogP contribution in [0.1, 0.15) is 29.5 Å². The highest BCUT2D eigenvalue weighted by Crippen LogP contribution is 2.43. The van der Waals surface area contributed by atoms with Gasteiger partial charge in [0, 0.05) is 27.7 Å². The molecule has 34 heavy (non-hydrogen) atoms. The van der Waals surface area contributed by atoms with Crippen LogP contribution in [0, 0.1) is 18.3 Å². The zero-order chi connectivity index (χ0) is 24.1. The number of halogens is 1. The van der Waals surface area contributed by atoms with E-state index in [-0.39, 0.29) is 5.91 Å². The maximum absolute atomic E-state index is 13.6. The van der Waals surface area contributed by atoms with Crippen LogP contribution in [-0.2, 0) is 10.5 Å². The summed E-state index contributed by atoms with van der Waals surface area (Å²) in [4.78, 5) is 13.6. The Morgan fingerprint density at radius 2 is 1.71 bits per heavy atom. The van der Waals surface area contributed by atoms with E-state index in [2.05, 4.69) is 28.8 Å². The van der Waals surface area contributed by atoms with Crippen LogP contribution >= 0.6 is 23.4 Å². The van der Waals surface area contributed by atoms with Crippen molar-refractivity contribution < 1.29 is 4.79 Å². The molecular weight excluding hydrogens is 462 g/mol. The van der Waals surface area contributed by atoms with Crippen LogP contribution in [0.4, 0.5) is 5.69 Å². The molecule has 170 valence electrons. The van der Waals surface area contributed by atoms with Gasteiger partial charge in [-0.15, -0.1) is 11.8 Å². The van der Waals surface area contributed by atoms with Gasteiger partial charge >= 0.3 is 0 Å². The number of rotatable bonds is 6. The number of benzene rings is 3. The quantitative estimate of drug-likeness (QED) is 0.398. The maximum Gasteiger partial charge on any atom is 0.254 e. The third-order valence-electron chi connectivity index (χ3n) is 5.73. The number of allylic oxidation sites excluding steroid dienone is 2. The molecule has 3 aromatic rings. The average molecular weight is 486 g/mol. The minimum absolute atomic E-state index is 0.260. The Morgan fingerprint density at radius 1 is 1.03 bits per heavy atom. The summed E-state index contributed by atoms with van der Waals surface area (Å²) in [5, 5.41) is 17.9. The number of nitrogens with one attached hydrogen (secondary N) is 2. The molecule has 1 atom stereocenters. The smallest absolute Gasteiger partial charge is 0.254 e. The van der Waals surface area contributed by atoms with Crippen molar-refractivity contribution in [3.8, 4) is 6.07 Å². The molecule has 1 amide bonds. The first-order valence-electron chi connectivity index (χ1n) is 10.9. The number of hydrogen-bond donors (Lipinski definition) is 2. The molecule has 0 bridgehead atoms. The summed E-state index contributed by atoms with van der Waals surface area (Å²) < 4.78 is 0. The molecule has 1 aliphatic rings. The van der Waals surface area contributed by atoms with Crippen molar-refractivity contribution in [1.82, 2.24) is 5.32 Å². The maximum atomic E-state index is 13.6. The normalized spacial score (nSPS) is 15.5. The van der Waals surface area contributed by atoms with Crippen LogP contribution in [-0.4, -0.2) is 5.91 Å². The number of nitrogens with zero attached hydrogens (tertiary/aromatic N) is 1. The van der Waals surface area contributed by atoms with E-state index in [1.807, 2.05) is 74.5 Å². The van der Waals surface area contributed by atoms with Gasteiger partial charge in [-0.25, -0.2) is 0 Å². The second kappa shape index (κ2) is 10.6. The first kappa shape index (κ1) is 23.7. The molecule has 0 aromatic heterocycles. The Labute approximate surface area is 209 Å². The van der Waals surface area contributed by atoms with E-state index in [0.717, 1.165) is 27.4 Å². The van der Waals surface area contributed by atoms with Crippen molar-refractivity contribution >= 4 is 35.0 Å². The van der Waals surface area contributed by atoms with E-state index in [0.29, 0.717) is 27.6 Å². The van der Waals surface area contributed by atoms with Gasteiger partial charge < -0.3 is 10.6 Å². The zero-order valence-corrected chi connectivity index (χ0v) is 20.5. The van der Waals surface area contributed by atoms with Crippen LogP contribution in [0.15, 0.2) is 101 Å². The first-order valence-corrected chi connectivity index (χ1v) is 12.3. The van der Waals surface area contributed by atoms with Gasteiger partial charge in [-0.05, 0) is 42.7 Å². The Morgan fingerprint density at radius 3 is 2.41 bits per heavy atom. The van der Waals surface area contributed by atoms with Crippen LogP contribution in [0.3, 0.4) is 0 Å². The number of carbonyl (C=O) groups excluding carboxylic acids is 1. The largest absolute Gasteiger partial charge is 0.353 e. The number of amides is 1. The third kappa shape index (κ3) is 5.04.